The van der Waals surface area contributed by atoms with Crippen molar-refractivity contribution in [1.82, 2.24) is 4.72 Å². The van der Waals surface area contributed by atoms with Crippen LogP contribution in [0.5, 0.6) is 0 Å². The van der Waals surface area contributed by atoms with Crippen LogP contribution in [-0.4, -0.2) is 25.4 Å². The van der Waals surface area contributed by atoms with Crippen LogP contribution < -0.4 is 4.72 Å². The van der Waals surface area contributed by atoms with Gasteiger partial charge in [-0.3, -0.25) is 0 Å². The maximum absolute atomic E-state index is 12.6. The summed E-state index contributed by atoms with van der Waals surface area (Å²) in [6.45, 7) is 2.33. The quantitative estimate of drug-likeness (QED) is 0.218. The molecule has 4 atom stereocenters. The molecule has 4 aromatic rings. The van der Waals surface area contributed by atoms with E-state index in [0.717, 1.165) is 28.0 Å². The Morgan fingerprint density at radius 1 is 0.775 bits per heavy atom. The highest BCUT2D eigenvalue weighted by Gasteiger charge is 2.38. The fourth-order valence-electron chi connectivity index (χ4n) is 4.66. The molecule has 0 bridgehead atoms. The van der Waals surface area contributed by atoms with E-state index in [4.69, 9.17) is 9.47 Å². The highest BCUT2D eigenvalue weighted by Crippen LogP contribution is 2.43. The minimum Gasteiger partial charge on any atom is -0.392 e. The van der Waals surface area contributed by atoms with E-state index in [9.17, 15) is 13.5 Å². The third-order valence-electron chi connectivity index (χ3n) is 7.05. The lowest BCUT2D eigenvalue weighted by atomic mass is 9.91. The Hall–Kier alpha value is -2.98. The number of rotatable bonds is 10. The number of aliphatic hydroxyl groups is 1. The van der Waals surface area contributed by atoms with Crippen LogP contribution in [-0.2, 0) is 32.6 Å². The molecular formula is C32H33NO5S2. The van der Waals surface area contributed by atoms with Gasteiger partial charge in [0, 0.05) is 28.7 Å². The van der Waals surface area contributed by atoms with Gasteiger partial charge >= 0.3 is 0 Å². The standard InChI is InChI=1S/C32H33NO5S2/c1-23-30(22-39-28-8-4-2-5-9-28)37-32(38-31(23)26-16-14-25(21-34)15-17-26)27-18-12-24(13-19-27)20-33-40(35,36)29-10-6-3-7-11-29/h2-19,23,30-34H,20-22H2,1H3/t23-,30+,31+,32+/m0/s1. The van der Waals surface area contributed by atoms with Crippen LogP contribution >= 0.6 is 11.8 Å². The molecule has 0 aliphatic carbocycles. The summed E-state index contributed by atoms with van der Waals surface area (Å²) < 4.78 is 40.9. The number of hydrogen-bond acceptors (Lipinski definition) is 6. The van der Waals surface area contributed by atoms with Gasteiger partial charge < -0.3 is 14.6 Å². The van der Waals surface area contributed by atoms with E-state index in [-0.39, 0.29) is 36.2 Å². The smallest absolute Gasteiger partial charge is 0.240 e. The molecule has 1 aliphatic rings. The van der Waals surface area contributed by atoms with Crippen molar-refractivity contribution in [3.63, 3.8) is 0 Å². The fraction of sp³-hybridized carbons (Fsp3) is 0.250. The normalized spacial score (nSPS) is 21.2. The average molecular weight is 576 g/mol. The van der Waals surface area contributed by atoms with E-state index >= 15 is 0 Å². The number of hydrogen-bond donors (Lipinski definition) is 2. The van der Waals surface area contributed by atoms with Crippen molar-refractivity contribution in [1.29, 1.82) is 0 Å². The molecule has 4 aromatic carbocycles. The summed E-state index contributed by atoms with van der Waals surface area (Å²) in [5.41, 5.74) is 3.60. The largest absolute Gasteiger partial charge is 0.392 e. The van der Waals surface area contributed by atoms with Gasteiger partial charge in [0.1, 0.15) is 0 Å². The van der Waals surface area contributed by atoms with Gasteiger partial charge in [-0.25, -0.2) is 13.1 Å². The molecule has 0 spiro atoms. The Labute approximate surface area is 240 Å². The lowest BCUT2D eigenvalue weighted by molar-refractivity contribution is -0.268. The zero-order valence-corrected chi connectivity index (χ0v) is 23.9. The molecule has 1 fully saturated rings. The lowest BCUT2D eigenvalue weighted by Gasteiger charge is -2.41. The van der Waals surface area contributed by atoms with Crippen molar-refractivity contribution >= 4 is 21.8 Å². The van der Waals surface area contributed by atoms with Crippen molar-refractivity contribution in [3.8, 4) is 0 Å². The van der Waals surface area contributed by atoms with Gasteiger partial charge in [-0.15, -0.1) is 11.8 Å². The van der Waals surface area contributed by atoms with E-state index in [0.29, 0.717) is 0 Å². The van der Waals surface area contributed by atoms with Crippen LogP contribution in [0.2, 0.25) is 0 Å². The molecule has 208 valence electrons. The molecule has 6 nitrogen and oxygen atoms in total. The number of thioether (sulfide) groups is 1. The molecular weight excluding hydrogens is 542 g/mol. The Morgan fingerprint density at radius 2 is 1.38 bits per heavy atom. The number of aliphatic hydroxyl groups excluding tert-OH is 1. The Balaban J connectivity index is 1.32. The van der Waals surface area contributed by atoms with E-state index in [1.165, 1.54) is 4.90 Å². The summed E-state index contributed by atoms with van der Waals surface area (Å²) in [5, 5.41) is 9.47. The molecule has 0 saturated carbocycles. The van der Waals surface area contributed by atoms with Crippen molar-refractivity contribution in [3.05, 3.63) is 131 Å². The number of ether oxygens (including phenoxy) is 2. The van der Waals surface area contributed by atoms with Crippen LogP contribution in [0.25, 0.3) is 0 Å². The van der Waals surface area contributed by atoms with E-state index < -0.39 is 16.3 Å². The summed E-state index contributed by atoms with van der Waals surface area (Å²) in [6.07, 6.45) is -0.829. The summed E-state index contributed by atoms with van der Waals surface area (Å²) in [6, 6.07) is 34.1. The minimum absolute atomic E-state index is 0.00269. The second-order valence-electron chi connectivity index (χ2n) is 9.83. The van der Waals surface area contributed by atoms with Crippen LogP contribution in [0.15, 0.2) is 119 Å². The molecule has 1 saturated heterocycles. The SMILES string of the molecule is C[C@H]1[C@@H](CSc2ccccc2)O[C@@H](c2ccc(CNS(=O)(=O)c3ccccc3)cc2)O[C@H]1c1ccc(CO)cc1. The molecule has 40 heavy (non-hydrogen) atoms. The number of sulfonamides is 1. The van der Waals surface area contributed by atoms with Gasteiger partial charge in [-0.1, -0.05) is 91.9 Å². The first-order valence-corrected chi connectivity index (χ1v) is 15.7. The topological polar surface area (TPSA) is 84.9 Å². The minimum atomic E-state index is -3.59. The van der Waals surface area contributed by atoms with Crippen molar-refractivity contribution in [2.45, 2.75) is 48.4 Å². The zero-order chi connectivity index (χ0) is 28.0. The number of benzene rings is 4. The van der Waals surface area contributed by atoms with Crippen molar-refractivity contribution in [2.24, 2.45) is 5.92 Å². The molecule has 1 heterocycles. The van der Waals surface area contributed by atoms with Crippen LogP contribution in [0.4, 0.5) is 0 Å². The van der Waals surface area contributed by atoms with Gasteiger partial charge in [0.25, 0.3) is 0 Å². The fourth-order valence-corrected chi connectivity index (χ4v) is 6.79. The van der Waals surface area contributed by atoms with Crippen LogP contribution in [0.1, 0.15) is 41.6 Å². The van der Waals surface area contributed by atoms with Gasteiger partial charge in [0.15, 0.2) is 6.29 Å². The maximum Gasteiger partial charge on any atom is 0.240 e. The van der Waals surface area contributed by atoms with Crippen LogP contribution in [0, 0.1) is 5.92 Å². The molecule has 0 unspecified atom stereocenters. The predicted molar refractivity (Wildman–Crippen MR) is 157 cm³/mol. The number of nitrogens with one attached hydrogen (secondary N) is 1. The van der Waals surface area contributed by atoms with Crippen molar-refractivity contribution < 1.29 is 23.0 Å². The lowest BCUT2D eigenvalue weighted by Crippen LogP contribution is -2.38. The Bertz CT molecular complexity index is 1460. The van der Waals surface area contributed by atoms with Gasteiger partial charge in [0.2, 0.25) is 10.0 Å². The molecule has 0 amide bonds. The molecule has 8 heteroatoms. The molecule has 2 N–H and O–H groups in total. The van der Waals surface area contributed by atoms with E-state index in [2.05, 4.69) is 23.8 Å². The predicted octanol–water partition coefficient (Wildman–Crippen LogP) is 6.24. The van der Waals surface area contributed by atoms with Gasteiger partial charge in [0.05, 0.1) is 23.7 Å². The second-order valence-corrected chi connectivity index (χ2v) is 12.7. The van der Waals surface area contributed by atoms with Crippen molar-refractivity contribution in [2.75, 3.05) is 5.75 Å². The molecule has 0 aromatic heterocycles. The van der Waals surface area contributed by atoms with E-state index in [1.54, 1.807) is 42.1 Å². The Kier molecular flexibility index (Phi) is 9.36. The summed E-state index contributed by atoms with van der Waals surface area (Å²) in [4.78, 5) is 1.43. The van der Waals surface area contributed by atoms with Gasteiger partial charge in [-0.05, 0) is 41.0 Å². The van der Waals surface area contributed by atoms with Gasteiger partial charge in [-0.2, -0.15) is 0 Å². The summed E-state index contributed by atoms with van der Waals surface area (Å²) in [7, 11) is -3.59. The third-order valence-corrected chi connectivity index (χ3v) is 9.57. The summed E-state index contributed by atoms with van der Waals surface area (Å²) in [5.74, 6) is 0.870. The third kappa shape index (κ3) is 7.01. The monoisotopic (exact) mass is 575 g/mol. The first-order chi connectivity index (χ1) is 19.4. The maximum atomic E-state index is 12.6. The van der Waals surface area contributed by atoms with Crippen LogP contribution in [0.3, 0.4) is 0 Å². The zero-order valence-electron chi connectivity index (χ0n) is 22.2. The molecule has 0 radical (unpaired) electrons. The first-order valence-electron chi connectivity index (χ1n) is 13.2. The molecule has 5 rings (SSSR count). The summed E-state index contributed by atoms with van der Waals surface area (Å²) >= 11 is 1.76. The second kappa shape index (κ2) is 13.1. The first kappa shape index (κ1) is 28.5. The highest BCUT2D eigenvalue weighted by molar-refractivity contribution is 7.99. The Morgan fingerprint density at radius 3 is 2.02 bits per heavy atom. The molecule has 1 aliphatic heterocycles. The highest BCUT2D eigenvalue weighted by atomic mass is 32.2. The average Bonchev–Trinajstić information content (AvgIpc) is 3.01. The van der Waals surface area contributed by atoms with E-state index in [1.807, 2.05) is 66.7 Å².